The van der Waals surface area contributed by atoms with Crippen molar-refractivity contribution >= 4 is 0 Å². The minimum absolute atomic E-state index is 0.0528. The maximum atomic E-state index is 11.8. The number of pyridine rings is 1. The van der Waals surface area contributed by atoms with E-state index in [1.807, 2.05) is 0 Å². The molecule has 1 rings (SSSR count). The first-order chi connectivity index (χ1) is 6.42. The maximum absolute atomic E-state index is 11.8. The van der Waals surface area contributed by atoms with Crippen LogP contribution in [-0.2, 0) is 0 Å². The van der Waals surface area contributed by atoms with Crippen LogP contribution in [-0.4, -0.2) is 11.3 Å². The molecule has 0 fully saturated rings. The van der Waals surface area contributed by atoms with Gasteiger partial charge in [0.05, 0.1) is 6.20 Å². The summed E-state index contributed by atoms with van der Waals surface area (Å²) >= 11 is 0. The number of rotatable bonds is 1. The van der Waals surface area contributed by atoms with Crippen LogP contribution in [0.5, 0.6) is 5.75 Å². The highest BCUT2D eigenvalue weighted by Crippen LogP contribution is 2.25. The summed E-state index contributed by atoms with van der Waals surface area (Å²) in [7, 11) is 0. The lowest BCUT2D eigenvalue weighted by Gasteiger charge is -2.10. The summed E-state index contributed by atoms with van der Waals surface area (Å²) < 4.78 is 39.0. The minimum atomic E-state index is -4.74. The van der Waals surface area contributed by atoms with Crippen molar-refractivity contribution in [2.45, 2.75) is 13.3 Å². The van der Waals surface area contributed by atoms with Crippen molar-refractivity contribution in [2.24, 2.45) is 0 Å². The standard InChI is InChI=1S/C8H5F3N2O/c1-5-2-6(3-12)13-4-7(5)14-8(9,10)11/h2,4H,1H3. The van der Waals surface area contributed by atoms with Crippen LogP contribution in [0.25, 0.3) is 0 Å². The lowest BCUT2D eigenvalue weighted by molar-refractivity contribution is -0.275. The smallest absolute Gasteiger partial charge is 0.404 e. The van der Waals surface area contributed by atoms with Crippen molar-refractivity contribution < 1.29 is 17.9 Å². The van der Waals surface area contributed by atoms with Crippen LogP contribution < -0.4 is 4.74 Å². The zero-order valence-electron chi connectivity index (χ0n) is 7.09. The lowest BCUT2D eigenvalue weighted by Crippen LogP contribution is -2.18. The number of aromatic nitrogens is 1. The number of halogens is 3. The Labute approximate surface area is 77.7 Å². The second kappa shape index (κ2) is 3.54. The van der Waals surface area contributed by atoms with E-state index < -0.39 is 12.1 Å². The van der Waals surface area contributed by atoms with Crippen molar-refractivity contribution in [1.29, 1.82) is 5.26 Å². The molecule has 0 amide bonds. The van der Waals surface area contributed by atoms with Gasteiger partial charge in [-0.25, -0.2) is 4.98 Å². The Kier molecular flexibility index (Phi) is 2.60. The lowest BCUT2D eigenvalue weighted by atomic mass is 10.2. The summed E-state index contributed by atoms with van der Waals surface area (Å²) in [5, 5.41) is 8.41. The molecule has 1 aromatic heterocycles. The summed E-state index contributed by atoms with van der Waals surface area (Å²) in [4.78, 5) is 3.46. The summed E-state index contributed by atoms with van der Waals surface area (Å²) in [6, 6.07) is 2.93. The van der Waals surface area contributed by atoms with Crippen molar-refractivity contribution in [3.8, 4) is 11.8 Å². The van der Waals surface area contributed by atoms with Crippen molar-refractivity contribution in [3.63, 3.8) is 0 Å². The predicted octanol–water partition coefficient (Wildman–Crippen LogP) is 2.16. The van der Waals surface area contributed by atoms with Gasteiger partial charge in [-0.1, -0.05) is 0 Å². The largest absolute Gasteiger partial charge is 0.573 e. The second-order valence-corrected chi connectivity index (χ2v) is 2.49. The Bertz CT molecular complexity index is 381. The third kappa shape index (κ3) is 2.62. The van der Waals surface area contributed by atoms with Crippen LogP contribution in [0.2, 0.25) is 0 Å². The van der Waals surface area contributed by atoms with Gasteiger partial charge in [-0.05, 0) is 18.6 Å². The zero-order valence-corrected chi connectivity index (χ0v) is 7.09. The Morgan fingerprint density at radius 2 is 2.14 bits per heavy atom. The molecule has 0 N–H and O–H groups in total. The van der Waals surface area contributed by atoms with Crippen LogP contribution in [0, 0.1) is 18.3 Å². The highest BCUT2D eigenvalue weighted by Gasteiger charge is 2.31. The van der Waals surface area contributed by atoms with E-state index in [2.05, 4.69) is 9.72 Å². The van der Waals surface area contributed by atoms with Gasteiger partial charge in [0.2, 0.25) is 0 Å². The van der Waals surface area contributed by atoms with E-state index in [0.717, 1.165) is 6.20 Å². The Morgan fingerprint density at radius 1 is 1.50 bits per heavy atom. The number of nitriles is 1. The first-order valence-electron chi connectivity index (χ1n) is 3.55. The number of ether oxygens (including phenoxy) is 1. The van der Waals surface area contributed by atoms with Crippen LogP contribution in [0.3, 0.4) is 0 Å². The number of nitrogens with zero attached hydrogens (tertiary/aromatic N) is 2. The summed E-state index contributed by atoms with van der Waals surface area (Å²) in [5.74, 6) is -0.392. The first kappa shape index (κ1) is 10.3. The monoisotopic (exact) mass is 202 g/mol. The predicted molar refractivity (Wildman–Crippen MR) is 40.4 cm³/mol. The van der Waals surface area contributed by atoms with Gasteiger partial charge in [-0.15, -0.1) is 13.2 Å². The Morgan fingerprint density at radius 3 is 2.57 bits per heavy atom. The van der Waals surface area contributed by atoms with Crippen LogP contribution >= 0.6 is 0 Å². The van der Waals surface area contributed by atoms with E-state index >= 15 is 0 Å². The van der Waals surface area contributed by atoms with Gasteiger partial charge in [-0.2, -0.15) is 5.26 Å². The van der Waals surface area contributed by atoms with Crippen molar-refractivity contribution in [2.75, 3.05) is 0 Å². The Hall–Kier alpha value is -1.77. The molecule has 0 aliphatic heterocycles. The summed E-state index contributed by atoms with van der Waals surface area (Å²) in [6.45, 7) is 1.41. The maximum Gasteiger partial charge on any atom is 0.573 e. The van der Waals surface area contributed by atoms with Gasteiger partial charge in [0.1, 0.15) is 11.8 Å². The third-order valence-corrected chi connectivity index (χ3v) is 1.40. The highest BCUT2D eigenvalue weighted by atomic mass is 19.4. The van der Waals surface area contributed by atoms with Gasteiger partial charge in [0.15, 0.2) is 5.75 Å². The van der Waals surface area contributed by atoms with E-state index in [1.165, 1.54) is 13.0 Å². The highest BCUT2D eigenvalue weighted by molar-refractivity contribution is 5.35. The molecule has 0 aliphatic carbocycles. The molecular formula is C8H5F3N2O. The average molecular weight is 202 g/mol. The molecule has 0 aromatic carbocycles. The van der Waals surface area contributed by atoms with Crippen LogP contribution in [0.15, 0.2) is 12.3 Å². The molecule has 3 nitrogen and oxygen atoms in total. The Balaban J connectivity index is 2.97. The fourth-order valence-electron chi connectivity index (χ4n) is 0.836. The van der Waals surface area contributed by atoms with Gasteiger partial charge in [0.25, 0.3) is 0 Å². The molecule has 0 bridgehead atoms. The molecule has 14 heavy (non-hydrogen) atoms. The van der Waals surface area contributed by atoms with E-state index in [1.54, 1.807) is 6.07 Å². The fraction of sp³-hybridized carbons (Fsp3) is 0.250. The van der Waals surface area contributed by atoms with Gasteiger partial charge >= 0.3 is 6.36 Å². The summed E-state index contributed by atoms with van der Waals surface area (Å²) in [6.07, 6.45) is -3.86. The molecule has 0 unspecified atom stereocenters. The molecule has 0 saturated heterocycles. The molecule has 0 aliphatic rings. The molecule has 1 aromatic rings. The van der Waals surface area contributed by atoms with Gasteiger partial charge in [-0.3, -0.25) is 0 Å². The van der Waals surface area contributed by atoms with Gasteiger partial charge in [0, 0.05) is 0 Å². The number of alkyl halides is 3. The molecule has 0 atom stereocenters. The molecule has 0 radical (unpaired) electrons. The zero-order chi connectivity index (χ0) is 10.8. The van der Waals surface area contributed by atoms with E-state index in [4.69, 9.17) is 5.26 Å². The minimum Gasteiger partial charge on any atom is -0.404 e. The number of aryl methyl sites for hydroxylation is 1. The summed E-state index contributed by atoms with van der Waals surface area (Å²) in [5.41, 5.74) is 0.269. The molecule has 1 heterocycles. The number of hydrogen-bond donors (Lipinski definition) is 0. The molecule has 6 heteroatoms. The van der Waals surface area contributed by atoms with Crippen LogP contribution in [0.4, 0.5) is 13.2 Å². The second-order valence-electron chi connectivity index (χ2n) is 2.49. The third-order valence-electron chi connectivity index (χ3n) is 1.40. The normalized spacial score (nSPS) is 10.8. The molecule has 74 valence electrons. The van der Waals surface area contributed by atoms with E-state index in [9.17, 15) is 13.2 Å². The fourth-order valence-corrected chi connectivity index (χ4v) is 0.836. The van der Waals surface area contributed by atoms with Crippen molar-refractivity contribution in [1.82, 2.24) is 4.98 Å². The van der Waals surface area contributed by atoms with Crippen LogP contribution in [0.1, 0.15) is 11.3 Å². The average Bonchev–Trinajstić information content (AvgIpc) is 2.06. The van der Waals surface area contributed by atoms with Gasteiger partial charge < -0.3 is 4.74 Å². The molecule has 0 saturated carbocycles. The molecule has 0 spiro atoms. The van der Waals surface area contributed by atoms with E-state index in [-0.39, 0.29) is 11.3 Å². The SMILES string of the molecule is Cc1cc(C#N)ncc1OC(F)(F)F. The van der Waals surface area contributed by atoms with Crippen molar-refractivity contribution in [3.05, 3.63) is 23.5 Å². The molecular weight excluding hydrogens is 197 g/mol. The van der Waals surface area contributed by atoms with E-state index in [0.29, 0.717) is 0 Å². The topological polar surface area (TPSA) is 45.9 Å². The number of hydrogen-bond acceptors (Lipinski definition) is 3. The first-order valence-corrected chi connectivity index (χ1v) is 3.55. The quantitative estimate of drug-likeness (QED) is 0.700.